The van der Waals surface area contributed by atoms with Gasteiger partial charge in [0.25, 0.3) is 0 Å². The van der Waals surface area contributed by atoms with Crippen LogP contribution in [0.25, 0.3) is 11.1 Å². The van der Waals surface area contributed by atoms with Crippen LogP contribution in [0.3, 0.4) is 0 Å². The molecule has 0 radical (unpaired) electrons. The summed E-state index contributed by atoms with van der Waals surface area (Å²) in [5.41, 5.74) is 3.16. The molecular formula is C20H24N2O4. The molecular weight excluding hydrogens is 332 g/mol. The second-order valence-corrected chi connectivity index (χ2v) is 6.23. The van der Waals surface area contributed by atoms with Gasteiger partial charge in [-0.2, -0.15) is 0 Å². The number of carbonyl (C=O) groups is 2. The molecule has 1 aliphatic heterocycles. The molecule has 1 fully saturated rings. The zero-order valence-electron chi connectivity index (χ0n) is 15.0. The number of rotatable bonds is 6. The van der Waals surface area contributed by atoms with E-state index in [1.54, 1.807) is 13.8 Å². The Kier molecular flexibility index (Phi) is 5.73. The van der Waals surface area contributed by atoms with Crippen molar-refractivity contribution in [2.45, 2.75) is 32.4 Å². The van der Waals surface area contributed by atoms with E-state index in [2.05, 4.69) is 10.3 Å². The van der Waals surface area contributed by atoms with E-state index in [-0.39, 0.29) is 25.2 Å². The number of carbonyl (C=O) groups excluding carboxylic acids is 2. The van der Waals surface area contributed by atoms with Crippen molar-refractivity contribution >= 4 is 11.9 Å². The van der Waals surface area contributed by atoms with Crippen LogP contribution >= 0.6 is 0 Å². The maximum absolute atomic E-state index is 12.4. The first-order valence-corrected chi connectivity index (χ1v) is 8.97. The zero-order valence-corrected chi connectivity index (χ0v) is 15.0. The fourth-order valence-corrected chi connectivity index (χ4v) is 3.49. The molecule has 0 amide bonds. The number of hydrogen-bond acceptors (Lipinski definition) is 5. The molecule has 0 saturated carbocycles. The van der Waals surface area contributed by atoms with Crippen LogP contribution in [0, 0.1) is 5.92 Å². The minimum atomic E-state index is -0.697. The second-order valence-electron chi connectivity index (χ2n) is 6.23. The first kappa shape index (κ1) is 18.2. The summed E-state index contributed by atoms with van der Waals surface area (Å²) < 4.78 is 10.3. The monoisotopic (exact) mass is 356 g/mol. The van der Waals surface area contributed by atoms with Crippen LogP contribution in [-0.4, -0.2) is 36.2 Å². The lowest BCUT2D eigenvalue weighted by Crippen LogP contribution is -2.41. The van der Waals surface area contributed by atoms with Gasteiger partial charge >= 0.3 is 11.9 Å². The quantitative estimate of drug-likeness (QED) is 0.778. The van der Waals surface area contributed by atoms with Crippen molar-refractivity contribution in [2.24, 2.45) is 5.92 Å². The lowest BCUT2D eigenvalue weighted by Gasteiger charge is -2.16. The Morgan fingerprint density at radius 3 is 2.42 bits per heavy atom. The fourth-order valence-electron chi connectivity index (χ4n) is 3.49. The number of nitrogens with one attached hydrogen (secondary N) is 2. The van der Waals surface area contributed by atoms with Crippen molar-refractivity contribution in [3.63, 3.8) is 0 Å². The van der Waals surface area contributed by atoms with E-state index in [9.17, 15) is 9.59 Å². The maximum Gasteiger partial charge on any atom is 0.324 e. The van der Waals surface area contributed by atoms with Gasteiger partial charge in [-0.05, 0) is 31.4 Å². The molecule has 3 rings (SSSR count). The number of ether oxygens (including phenoxy) is 2. The van der Waals surface area contributed by atoms with Gasteiger partial charge in [0.1, 0.15) is 6.04 Å². The minimum absolute atomic E-state index is 0.139. The van der Waals surface area contributed by atoms with E-state index in [0.29, 0.717) is 6.42 Å². The Labute approximate surface area is 152 Å². The largest absolute Gasteiger partial charge is 0.466 e. The Bertz CT molecular complexity index is 730. The van der Waals surface area contributed by atoms with Crippen molar-refractivity contribution in [3.8, 4) is 11.1 Å². The number of hydrogen-bond donors (Lipinski definition) is 2. The molecule has 6 heteroatoms. The normalized spacial score (nSPS) is 22.2. The van der Waals surface area contributed by atoms with Crippen molar-refractivity contribution in [1.29, 1.82) is 0 Å². The maximum atomic E-state index is 12.4. The summed E-state index contributed by atoms with van der Waals surface area (Å²) in [5.74, 6) is -1.33. The van der Waals surface area contributed by atoms with Crippen molar-refractivity contribution in [1.82, 2.24) is 10.3 Å². The molecule has 26 heavy (non-hydrogen) atoms. The summed E-state index contributed by atoms with van der Waals surface area (Å²) >= 11 is 0. The summed E-state index contributed by atoms with van der Waals surface area (Å²) in [5, 5.41) is 3.28. The standard InChI is InChI=1S/C20H24N2O4/c1-3-25-19(23)14-10-17(22-18(14)20(24)26-4-2)16-12-21-11-15(16)13-8-6-5-7-9-13/h5-9,11-12,14,17-18,21-22H,3-4,10H2,1-2H3/t14-,17-,18+/m0/s1. The zero-order chi connectivity index (χ0) is 18.5. The van der Waals surface area contributed by atoms with Crippen molar-refractivity contribution < 1.29 is 19.1 Å². The summed E-state index contributed by atoms with van der Waals surface area (Å²) in [6.07, 6.45) is 4.33. The molecule has 3 atom stereocenters. The lowest BCUT2D eigenvalue weighted by molar-refractivity contribution is -0.155. The van der Waals surface area contributed by atoms with E-state index in [1.807, 2.05) is 42.7 Å². The smallest absolute Gasteiger partial charge is 0.324 e. The van der Waals surface area contributed by atoms with Crippen LogP contribution in [0.4, 0.5) is 0 Å². The molecule has 1 aliphatic rings. The SMILES string of the molecule is CCOC(=O)[C@H]1C[C@@H](c2c[nH]cc2-c2ccccc2)N[C@H]1C(=O)OCC. The molecule has 0 unspecified atom stereocenters. The summed E-state index contributed by atoms with van der Waals surface area (Å²) in [6, 6.07) is 9.17. The van der Waals surface area contributed by atoms with Crippen LogP contribution in [0.15, 0.2) is 42.7 Å². The highest BCUT2D eigenvalue weighted by molar-refractivity contribution is 5.86. The van der Waals surface area contributed by atoms with Gasteiger partial charge < -0.3 is 14.5 Å². The van der Waals surface area contributed by atoms with E-state index < -0.39 is 17.9 Å². The van der Waals surface area contributed by atoms with Gasteiger partial charge in [0.15, 0.2) is 0 Å². The summed E-state index contributed by atoms with van der Waals surface area (Å²) in [7, 11) is 0. The molecule has 138 valence electrons. The molecule has 2 N–H and O–H groups in total. The molecule has 1 aromatic heterocycles. The molecule has 2 aromatic rings. The van der Waals surface area contributed by atoms with Crippen molar-refractivity contribution in [3.05, 3.63) is 48.3 Å². The number of esters is 2. The lowest BCUT2D eigenvalue weighted by atomic mass is 9.94. The van der Waals surface area contributed by atoms with Gasteiger partial charge in [-0.3, -0.25) is 14.9 Å². The third-order valence-corrected chi connectivity index (χ3v) is 4.64. The van der Waals surface area contributed by atoms with E-state index in [4.69, 9.17) is 9.47 Å². The van der Waals surface area contributed by atoms with Gasteiger partial charge in [0.05, 0.1) is 19.1 Å². The molecule has 1 aromatic carbocycles. The average Bonchev–Trinajstić information content (AvgIpc) is 3.30. The summed E-state index contributed by atoms with van der Waals surface area (Å²) in [6.45, 7) is 4.08. The molecule has 0 aliphatic carbocycles. The highest BCUT2D eigenvalue weighted by Crippen LogP contribution is 2.37. The molecule has 1 saturated heterocycles. The van der Waals surface area contributed by atoms with Gasteiger partial charge in [-0.1, -0.05) is 30.3 Å². The summed E-state index contributed by atoms with van der Waals surface area (Å²) in [4.78, 5) is 27.8. The van der Waals surface area contributed by atoms with E-state index >= 15 is 0 Å². The minimum Gasteiger partial charge on any atom is -0.466 e. The van der Waals surface area contributed by atoms with E-state index in [0.717, 1.165) is 16.7 Å². The first-order chi connectivity index (χ1) is 12.7. The molecule has 0 bridgehead atoms. The second kappa shape index (κ2) is 8.19. The topological polar surface area (TPSA) is 80.4 Å². The highest BCUT2D eigenvalue weighted by atomic mass is 16.5. The predicted molar refractivity (Wildman–Crippen MR) is 97.3 cm³/mol. The third-order valence-electron chi connectivity index (χ3n) is 4.64. The van der Waals surface area contributed by atoms with Crippen LogP contribution in [0.5, 0.6) is 0 Å². The Morgan fingerprint density at radius 1 is 1.04 bits per heavy atom. The highest BCUT2D eigenvalue weighted by Gasteiger charge is 2.45. The Morgan fingerprint density at radius 2 is 1.73 bits per heavy atom. The number of aromatic nitrogens is 1. The first-order valence-electron chi connectivity index (χ1n) is 8.97. The van der Waals surface area contributed by atoms with Crippen LogP contribution in [-0.2, 0) is 19.1 Å². The average molecular weight is 356 g/mol. The van der Waals surface area contributed by atoms with Crippen LogP contribution < -0.4 is 5.32 Å². The number of H-pyrrole nitrogens is 1. The number of aromatic amines is 1. The molecule has 0 spiro atoms. The van der Waals surface area contributed by atoms with Gasteiger partial charge in [0, 0.05) is 24.0 Å². The predicted octanol–water partition coefficient (Wildman–Crippen LogP) is 2.83. The van der Waals surface area contributed by atoms with Crippen molar-refractivity contribution in [2.75, 3.05) is 13.2 Å². The van der Waals surface area contributed by atoms with Gasteiger partial charge in [-0.25, -0.2) is 0 Å². The molecule has 6 nitrogen and oxygen atoms in total. The Balaban J connectivity index is 1.87. The van der Waals surface area contributed by atoms with Crippen LogP contribution in [0.2, 0.25) is 0 Å². The Hall–Kier alpha value is -2.60. The number of benzene rings is 1. The van der Waals surface area contributed by atoms with E-state index in [1.165, 1.54) is 0 Å². The third kappa shape index (κ3) is 3.65. The van der Waals surface area contributed by atoms with Gasteiger partial charge in [0.2, 0.25) is 0 Å². The molecule has 2 heterocycles. The van der Waals surface area contributed by atoms with Crippen LogP contribution in [0.1, 0.15) is 31.9 Å². The van der Waals surface area contributed by atoms with Gasteiger partial charge in [-0.15, -0.1) is 0 Å². The fraction of sp³-hybridized carbons (Fsp3) is 0.400.